The predicted octanol–water partition coefficient (Wildman–Crippen LogP) is 4.83. The first-order valence-corrected chi connectivity index (χ1v) is 5.31. The summed E-state index contributed by atoms with van der Waals surface area (Å²) in [6.45, 7) is 9.30. The second-order valence-corrected chi connectivity index (χ2v) is 3.91. The highest BCUT2D eigenvalue weighted by Gasteiger charge is 2.05. The first-order valence-electron chi connectivity index (χ1n) is 5.31. The molecule has 0 aromatic heterocycles. The van der Waals surface area contributed by atoms with E-state index in [4.69, 9.17) is 0 Å². The van der Waals surface area contributed by atoms with Crippen LogP contribution in [0.2, 0.25) is 0 Å². The van der Waals surface area contributed by atoms with Crippen LogP contribution in [0.3, 0.4) is 0 Å². The molecule has 1 rings (SSSR count). The normalized spacial score (nSPS) is 12.8. The molecular formula is C15H17F. The molecule has 0 aliphatic heterocycles. The Morgan fingerprint density at radius 1 is 1.25 bits per heavy atom. The van der Waals surface area contributed by atoms with Crippen molar-refractivity contribution in [1.82, 2.24) is 0 Å². The van der Waals surface area contributed by atoms with Crippen LogP contribution in [-0.2, 0) is 0 Å². The van der Waals surface area contributed by atoms with Gasteiger partial charge in [-0.3, -0.25) is 0 Å². The van der Waals surface area contributed by atoms with Crippen molar-refractivity contribution < 1.29 is 4.39 Å². The third-order valence-corrected chi connectivity index (χ3v) is 2.28. The highest BCUT2D eigenvalue weighted by Crippen LogP contribution is 2.25. The van der Waals surface area contributed by atoms with Gasteiger partial charge in [-0.15, -0.1) is 0 Å². The van der Waals surface area contributed by atoms with E-state index in [9.17, 15) is 4.39 Å². The summed E-state index contributed by atoms with van der Waals surface area (Å²) in [6, 6.07) is 7.81. The summed E-state index contributed by atoms with van der Waals surface area (Å²) in [6.07, 6.45) is 3.23. The number of rotatable bonds is 3. The van der Waals surface area contributed by atoms with Crippen LogP contribution >= 0.6 is 0 Å². The second-order valence-electron chi connectivity index (χ2n) is 3.91. The number of hydrogen-bond acceptors (Lipinski definition) is 0. The van der Waals surface area contributed by atoms with Gasteiger partial charge in [-0.05, 0) is 32.4 Å². The minimum absolute atomic E-state index is 0.237. The molecule has 16 heavy (non-hydrogen) atoms. The number of halogens is 1. The lowest BCUT2D eigenvalue weighted by Gasteiger charge is -2.05. The molecule has 0 nitrogen and oxygen atoms in total. The van der Waals surface area contributed by atoms with E-state index in [1.807, 2.05) is 38.1 Å². The van der Waals surface area contributed by atoms with Crippen LogP contribution in [0, 0.1) is 6.92 Å². The first kappa shape index (κ1) is 12.4. The molecule has 0 N–H and O–H groups in total. The summed E-state index contributed by atoms with van der Waals surface area (Å²) in [5, 5.41) is 0. The molecule has 1 aromatic rings. The number of aryl methyl sites for hydroxylation is 1. The molecule has 1 aromatic carbocycles. The Bertz CT molecular complexity index is 433. The van der Waals surface area contributed by atoms with Crippen molar-refractivity contribution in [2.24, 2.45) is 0 Å². The van der Waals surface area contributed by atoms with Crippen LogP contribution in [0.15, 0.2) is 54.4 Å². The van der Waals surface area contributed by atoms with E-state index >= 15 is 0 Å². The molecule has 0 aliphatic carbocycles. The van der Waals surface area contributed by atoms with E-state index < -0.39 is 0 Å². The Labute approximate surface area is 96.8 Å². The van der Waals surface area contributed by atoms with Gasteiger partial charge in [0.25, 0.3) is 0 Å². The lowest BCUT2D eigenvalue weighted by atomic mass is 10.0. The van der Waals surface area contributed by atoms with Gasteiger partial charge in [0.15, 0.2) is 0 Å². The van der Waals surface area contributed by atoms with Gasteiger partial charge in [0.05, 0.1) is 0 Å². The Morgan fingerprint density at radius 3 is 2.25 bits per heavy atom. The molecule has 1 heteroatoms. The third kappa shape index (κ3) is 3.20. The zero-order valence-electron chi connectivity index (χ0n) is 10.0. The number of hydrogen-bond donors (Lipinski definition) is 0. The van der Waals surface area contributed by atoms with E-state index in [0.29, 0.717) is 11.1 Å². The minimum Gasteiger partial charge on any atom is -0.206 e. The summed E-state index contributed by atoms with van der Waals surface area (Å²) in [4.78, 5) is 0. The topological polar surface area (TPSA) is 0 Å². The largest absolute Gasteiger partial charge is 0.206 e. The number of benzene rings is 1. The monoisotopic (exact) mass is 216 g/mol. The number of allylic oxidation sites excluding steroid dienone is 5. The van der Waals surface area contributed by atoms with Gasteiger partial charge in [0, 0.05) is 5.57 Å². The maximum atomic E-state index is 13.8. The Kier molecular flexibility index (Phi) is 4.24. The summed E-state index contributed by atoms with van der Waals surface area (Å²) in [7, 11) is 0. The average molecular weight is 216 g/mol. The van der Waals surface area contributed by atoms with Gasteiger partial charge in [-0.25, -0.2) is 4.39 Å². The van der Waals surface area contributed by atoms with Crippen molar-refractivity contribution in [3.05, 3.63) is 65.5 Å². The quantitative estimate of drug-likeness (QED) is 0.635. The van der Waals surface area contributed by atoms with Crippen LogP contribution < -0.4 is 0 Å². The van der Waals surface area contributed by atoms with Crippen molar-refractivity contribution in [2.75, 3.05) is 0 Å². The van der Waals surface area contributed by atoms with Crippen LogP contribution in [0.25, 0.3) is 5.57 Å². The van der Waals surface area contributed by atoms with E-state index in [1.165, 1.54) is 11.6 Å². The van der Waals surface area contributed by atoms with E-state index in [2.05, 4.69) is 6.58 Å². The smallest absolute Gasteiger partial charge is 0.130 e. The van der Waals surface area contributed by atoms with Gasteiger partial charge in [0.2, 0.25) is 0 Å². The molecule has 0 radical (unpaired) electrons. The molecule has 0 heterocycles. The lowest BCUT2D eigenvalue weighted by Crippen LogP contribution is -1.86. The highest BCUT2D eigenvalue weighted by atomic mass is 19.1. The van der Waals surface area contributed by atoms with E-state index in [1.54, 1.807) is 13.0 Å². The van der Waals surface area contributed by atoms with Gasteiger partial charge in [0.1, 0.15) is 5.83 Å². The van der Waals surface area contributed by atoms with Gasteiger partial charge in [-0.1, -0.05) is 48.1 Å². The van der Waals surface area contributed by atoms with Crippen LogP contribution in [0.4, 0.5) is 4.39 Å². The van der Waals surface area contributed by atoms with Crippen molar-refractivity contribution in [3.63, 3.8) is 0 Å². The highest BCUT2D eigenvalue weighted by molar-refractivity contribution is 5.77. The lowest BCUT2D eigenvalue weighted by molar-refractivity contribution is 0.672. The zero-order valence-corrected chi connectivity index (χ0v) is 10.0. The predicted molar refractivity (Wildman–Crippen MR) is 68.8 cm³/mol. The SMILES string of the molecule is C=C(C)/C=C(F)\C(=C/C)c1ccc(C)cc1. The molecule has 0 spiro atoms. The van der Waals surface area contributed by atoms with Crippen molar-refractivity contribution in [3.8, 4) is 0 Å². The van der Waals surface area contributed by atoms with Gasteiger partial charge >= 0.3 is 0 Å². The van der Waals surface area contributed by atoms with E-state index in [-0.39, 0.29) is 5.83 Å². The maximum Gasteiger partial charge on any atom is 0.130 e. The molecule has 0 saturated carbocycles. The molecule has 0 fully saturated rings. The molecule has 0 bridgehead atoms. The van der Waals surface area contributed by atoms with Crippen molar-refractivity contribution in [1.29, 1.82) is 0 Å². The summed E-state index contributed by atoms with van der Waals surface area (Å²) in [5.41, 5.74) is 3.39. The summed E-state index contributed by atoms with van der Waals surface area (Å²) in [5.74, 6) is -0.237. The first-order chi connectivity index (χ1) is 7.54. The fraction of sp³-hybridized carbons (Fsp3) is 0.200. The molecule has 84 valence electrons. The van der Waals surface area contributed by atoms with Gasteiger partial charge < -0.3 is 0 Å². The van der Waals surface area contributed by atoms with E-state index in [0.717, 1.165) is 5.56 Å². The van der Waals surface area contributed by atoms with Crippen LogP contribution in [0.5, 0.6) is 0 Å². The standard InChI is InChI=1S/C15H17F/c1-5-14(15(16)10-11(2)3)13-8-6-12(4)7-9-13/h5-10H,2H2,1,3-4H3/b14-5-,15-10+. The van der Waals surface area contributed by atoms with Crippen LogP contribution in [0.1, 0.15) is 25.0 Å². The molecule has 0 aliphatic rings. The van der Waals surface area contributed by atoms with Crippen molar-refractivity contribution >= 4 is 5.57 Å². The molecular weight excluding hydrogens is 199 g/mol. The third-order valence-electron chi connectivity index (χ3n) is 2.28. The fourth-order valence-electron chi connectivity index (χ4n) is 1.47. The minimum atomic E-state index is -0.237. The summed E-state index contributed by atoms with van der Waals surface area (Å²) >= 11 is 0. The Morgan fingerprint density at radius 2 is 1.81 bits per heavy atom. The second kappa shape index (κ2) is 5.45. The molecule has 0 saturated heterocycles. The Balaban J connectivity index is 3.09. The molecule has 0 amide bonds. The van der Waals surface area contributed by atoms with Crippen LogP contribution in [-0.4, -0.2) is 0 Å². The van der Waals surface area contributed by atoms with Crippen molar-refractivity contribution in [2.45, 2.75) is 20.8 Å². The molecule has 0 unspecified atom stereocenters. The maximum absolute atomic E-state index is 13.8. The summed E-state index contributed by atoms with van der Waals surface area (Å²) < 4.78 is 13.8. The Hall–Kier alpha value is -1.63. The zero-order chi connectivity index (χ0) is 12.1. The fourth-order valence-corrected chi connectivity index (χ4v) is 1.47. The van der Waals surface area contributed by atoms with Gasteiger partial charge in [-0.2, -0.15) is 0 Å². The molecule has 0 atom stereocenters. The average Bonchev–Trinajstić information content (AvgIpc) is 2.21.